The largest absolute Gasteiger partial charge is 0.0877 e. The van der Waals surface area contributed by atoms with Gasteiger partial charge in [-0.2, -0.15) is 0 Å². The van der Waals surface area contributed by atoms with Crippen molar-refractivity contribution >= 4 is 0 Å². The van der Waals surface area contributed by atoms with Gasteiger partial charge in [0.25, 0.3) is 0 Å². The molecule has 0 bridgehead atoms. The van der Waals surface area contributed by atoms with E-state index in [-0.39, 0.29) is 0 Å². The molecule has 0 unspecified atom stereocenters. The Hall–Kier alpha value is -0.520. The summed E-state index contributed by atoms with van der Waals surface area (Å²) in [7, 11) is 0. The van der Waals surface area contributed by atoms with E-state index < -0.39 is 0 Å². The summed E-state index contributed by atoms with van der Waals surface area (Å²) in [6, 6.07) is 0. The highest BCUT2D eigenvalue weighted by atomic mass is 14.2. The lowest BCUT2D eigenvalue weighted by Crippen LogP contribution is -2.12. The highest BCUT2D eigenvalue weighted by Gasteiger charge is 2.18. The highest BCUT2D eigenvalue weighted by molar-refractivity contribution is 5.16. The Morgan fingerprint density at radius 3 is 2.42 bits per heavy atom. The molecule has 0 saturated heterocycles. The Balaban J connectivity index is 2.82. The maximum absolute atomic E-state index is 2.35. The lowest BCUT2D eigenvalue weighted by atomic mass is 9.80. The Morgan fingerprint density at radius 1 is 1.08 bits per heavy atom. The molecule has 0 aromatic heterocycles. The maximum atomic E-state index is 2.35. The third kappa shape index (κ3) is 2.51. The fourth-order valence-corrected chi connectivity index (χ4v) is 1.78. The number of allylic oxidation sites excluding steroid dienone is 4. The first kappa shape index (κ1) is 9.57. The Morgan fingerprint density at radius 2 is 1.75 bits per heavy atom. The van der Waals surface area contributed by atoms with Crippen LogP contribution < -0.4 is 0 Å². The van der Waals surface area contributed by atoms with Crippen LogP contribution in [0.4, 0.5) is 0 Å². The van der Waals surface area contributed by atoms with Crippen LogP contribution in [-0.2, 0) is 0 Å². The van der Waals surface area contributed by atoms with Gasteiger partial charge in [-0.3, -0.25) is 0 Å². The van der Waals surface area contributed by atoms with Crippen molar-refractivity contribution in [2.24, 2.45) is 5.41 Å². The number of hydrogen-bond donors (Lipinski definition) is 0. The van der Waals surface area contributed by atoms with Gasteiger partial charge in [0.05, 0.1) is 0 Å². The van der Waals surface area contributed by atoms with Gasteiger partial charge < -0.3 is 0 Å². The highest BCUT2D eigenvalue weighted by Crippen LogP contribution is 2.32. The van der Waals surface area contributed by atoms with Crippen molar-refractivity contribution in [3.63, 3.8) is 0 Å². The molecule has 0 amide bonds. The van der Waals surface area contributed by atoms with E-state index in [1.54, 1.807) is 11.1 Å². The normalized spacial score (nSPS) is 23.7. The summed E-state index contributed by atoms with van der Waals surface area (Å²) in [4.78, 5) is 0. The van der Waals surface area contributed by atoms with Gasteiger partial charge in [-0.05, 0) is 38.5 Å². The topological polar surface area (TPSA) is 0 Å². The van der Waals surface area contributed by atoms with Crippen molar-refractivity contribution < 1.29 is 0 Å². The molecule has 12 heavy (non-hydrogen) atoms. The van der Waals surface area contributed by atoms with E-state index in [4.69, 9.17) is 0 Å². The molecule has 0 nitrogen and oxygen atoms in total. The molecule has 0 aromatic rings. The second-order valence-electron chi connectivity index (χ2n) is 4.78. The molecule has 0 atom stereocenters. The smallest absolute Gasteiger partial charge is 0.0139 e. The van der Waals surface area contributed by atoms with Crippen molar-refractivity contribution in [1.29, 1.82) is 0 Å². The maximum Gasteiger partial charge on any atom is -0.0139 e. The van der Waals surface area contributed by atoms with Crippen LogP contribution in [0.3, 0.4) is 0 Å². The Kier molecular flexibility index (Phi) is 2.76. The Bertz CT molecular complexity index is 216. The van der Waals surface area contributed by atoms with Crippen molar-refractivity contribution in [2.45, 2.75) is 47.0 Å². The number of rotatable bonds is 0. The van der Waals surface area contributed by atoms with Gasteiger partial charge >= 0.3 is 0 Å². The lowest BCUT2D eigenvalue weighted by Gasteiger charge is -2.25. The molecule has 0 radical (unpaired) electrons. The summed E-state index contributed by atoms with van der Waals surface area (Å²) >= 11 is 0. The van der Waals surface area contributed by atoms with E-state index in [0.29, 0.717) is 5.41 Å². The molecule has 0 saturated carbocycles. The molecule has 0 N–H and O–H groups in total. The van der Waals surface area contributed by atoms with Crippen molar-refractivity contribution in [3.8, 4) is 0 Å². The standard InChI is InChI=1S/C12H20/c1-10-7-5-6-8-12(3,4)9-11(10)2/h5-6H,7-9H2,1-4H3. The number of hydrogen-bond acceptors (Lipinski definition) is 0. The van der Waals surface area contributed by atoms with Crippen LogP contribution >= 0.6 is 0 Å². The molecule has 1 rings (SSSR count). The van der Waals surface area contributed by atoms with Crippen molar-refractivity contribution in [2.75, 3.05) is 0 Å². The molecule has 0 aromatic carbocycles. The first-order valence-corrected chi connectivity index (χ1v) is 4.81. The summed E-state index contributed by atoms with van der Waals surface area (Å²) in [5.74, 6) is 0. The van der Waals surface area contributed by atoms with Gasteiger partial charge in [0.1, 0.15) is 0 Å². The first-order valence-electron chi connectivity index (χ1n) is 4.81. The molecule has 0 heterocycles. The van der Waals surface area contributed by atoms with Gasteiger partial charge in [0.2, 0.25) is 0 Å². The first-order chi connectivity index (χ1) is 5.51. The van der Waals surface area contributed by atoms with E-state index in [9.17, 15) is 0 Å². The van der Waals surface area contributed by atoms with E-state index in [2.05, 4.69) is 39.8 Å². The summed E-state index contributed by atoms with van der Waals surface area (Å²) in [5.41, 5.74) is 3.60. The van der Waals surface area contributed by atoms with Crippen molar-refractivity contribution in [3.05, 3.63) is 23.3 Å². The minimum atomic E-state index is 0.461. The van der Waals surface area contributed by atoms with Crippen LogP contribution in [0.25, 0.3) is 0 Å². The Labute approximate surface area is 76.4 Å². The summed E-state index contributed by atoms with van der Waals surface area (Å²) < 4.78 is 0. The quantitative estimate of drug-likeness (QED) is 0.473. The van der Waals surface area contributed by atoms with Crippen LogP contribution in [-0.4, -0.2) is 0 Å². The minimum Gasteiger partial charge on any atom is -0.0877 e. The second-order valence-corrected chi connectivity index (χ2v) is 4.78. The monoisotopic (exact) mass is 164 g/mol. The SMILES string of the molecule is CC1=C(C)CC(C)(C)CC=CC1. The second kappa shape index (κ2) is 3.47. The molecule has 1 aliphatic carbocycles. The van der Waals surface area contributed by atoms with Crippen LogP contribution in [0.15, 0.2) is 23.3 Å². The zero-order valence-corrected chi connectivity index (χ0v) is 8.78. The van der Waals surface area contributed by atoms with E-state index in [1.165, 1.54) is 12.8 Å². The van der Waals surface area contributed by atoms with Gasteiger partial charge in [0, 0.05) is 0 Å². The van der Waals surface area contributed by atoms with Crippen LogP contribution in [0, 0.1) is 5.41 Å². The predicted octanol–water partition coefficient (Wildman–Crippen LogP) is 4.09. The fourth-order valence-electron chi connectivity index (χ4n) is 1.78. The van der Waals surface area contributed by atoms with Gasteiger partial charge in [-0.1, -0.05) is 37.1 Å². The molecular weight excluding hydrogens is 144 g/mol. The third-order valence-electron chi connectivity index (χ3n) is 2.73. The fraction of sp³-hybridized carbons (Fsp3) is 0.667. The van der Waals surface area contributed by atoms with Crippen LogP contribution in [0.5, 0.6) is 0 Å². The average Bonchev–Trinajstić information content (AvgIpc) is 1.95. The van der Waals surface area contributed by atoms with Gasteiger partial charge in [-0.25, -0.2) is 0 Å². The molecular formula is C12H20. The zero-order chi connectivity index (χ0) is 9.19. The average molecular weight is 164 g/mol. The molecule has 0 fully saturated rings. The van der Waals surface area contributed by atoms with Gasteiger partial charge in [-0.15, -0.1) is 0 Å². The molecule has 0 spiro atoms. The van der Waals surface area contributed by atoms with Gasteiger partial charge in [0.15, 0.2) is 0 Å². The van der Waals surface area contributed by atoms with Crippen LogP contribution in [0.2, 0.25) is 0 Å². The van der Waals surface area contributed by atoms with E-state index in [0.717, 1.165) is 6.42 Å². The van der Waals surface area contributed by atoms with Crippen LogP contribution in [0.1, 0.15) is 47.0 Å². The molecule has 0 aliphatic heterocycles. The van der Waals surface area contributed by atoms with Crippen molar-refractivity contribution in [1.82, 2.24) is 0 Å². The summed E-state index contributed by atoms with van der Waals surface area (Å²) in [5, 5.41) is 0. The minimum absolute atomic E-state index is 0.461. The zero-order valence-electron chi connectivity index (χ0n) is 8.78. The summed E-state index contributed by atoms with van der Waals surface area (Å²) in [6.07, 6.45) is 8.26. The third-order valence-corrected chi connectivity index (χ3v) is 2.73. The molecule has 0 heteroatoms. The predicted molar refractivity (Wildman–Crippen MR) is 55.1 cm³/mol. The van der Waals surface area contributed by atoms with E-state index >= 15 is 0 Å². The summed E-state index contributed by atoms with van der Waals surface area (Å²) in [6.45, 7) is 9.22. The molecule has 68 valence electrons. The lowest BCUT2D eigenvalue weighted by molar-refractivity contribution is 0.364. The van der Waals surface area contributed by atoms with E-state index in [1.807, 2.05) is 0 Å². The molecule has 1 aliphatic rings.